The summed E-state index contributed by atoms with van der Waals surface area (Å²) in [6, 6.07) is 0. The quantitative estimate of drug-likeness (QED) is 0.273. The van der Waals surface area contributed by atoms with E-state index in [2.05, 4.69) is 0 Å². The van der Waals surface area contributed by atoms with Crippen molar-refractivity contribution < 1.29 is 9.53 Å². The molecule has 0 saturated carbocycles. The van der Waals surface area contributed by atoms with Gasteiger partial charge in [0, 0.05) is 0 Å². The minimum Gasteiger partial charge on any atom is -0.423 e. The second-order valence-corrected chi connectivity index (χ2v) is 6.43. The first-order valence-electron chi connectivity index (χ1n) is 4.81. The molecule has 0 aromatic heterocycles. The third-order valence-corrected chi connectivity index (χ3v) is 4.22. The molecule has 0 heterocycles. The van der Waals surface area contributed by atoms with E-state index in [9.17, 15) is 4.79 Å². The SMILES string of the molecule is CC(C)(C)C(=O)Oc1c(Cl)c(Cl)c(Cl)c(Cl)c1Cl. The zero-order chi connectivity index (χ0) is 14.2. The van der Waals surface area contributed by atoms with Crippen molar-refractivity contribution in [2.45, 2.75) is 20.8 Å². The Hall–Kier alpha value is 0.140. The van der Waals surface area contributed by atoms with Crippen molar-refractivity contribution in [1.82, 2.24) is 0 Å². The summed E-state index contributed by atoms with van der Waals surface area (Å²) in [5.74, 6) is -0.599. The van der Waals surface area contributed by atoms with Crippen molar-refractivity contribution >= 4 is 64.0 Å². The van der Waals surface area contributed by atoms with Gasteiger partial charge in [-0.05, 0) is 20.8 Å². The van der Waals surface area contributed by atoms with Gasteiger partial charge in [-0.25, -0.2) is 0 Å². The third kappa shape index (κ3) is 3.17. The van der Waals surface area contributed by atoms with Crippen LogP contribution in [0, 0.1) is 5.41 Å². The molecule has 0 saturated heterocycles. The summed E-state index contributed by atoms with van der Waals surface area (Å²) in [6.45, 7) is 5.07. The molecular weight excluding hydrogens is 341 g/mol. The molecule has 0 aliphatic carbocycles. The topological polar surface area (TPSA) is 26.3 Å². The lowest BCUT2D eigenvalue weighted by Crippen LogP contribution is -2.25. The van der Waals surface area contributed by atoms with Gasteiger partial charge in [0.15, 0.2) is 5.75 Å². The maximum Gasteiger partial charge on any atom is 0.316 e. The fraction of sp³-hybridized carbons (Fsp3) is 0.364. The smallest absolute Gasteiger partial charge is 0.316 e. The second kappa shape index (κ2) is 5.64. The number of benzene rings is 1. The molecule has 0 radical (unpaired) electrons. The Morgan fingerprint density at radius 2 is 1.17 bits per heavy atom. The first kappa shape index (κ1) is 16.2. The van der Waals surface area contributed by atoms with E-state index in [1.165, 1.54) is 0 Å². The number of rotatable bonds is 1. The molecule has 7 heteroatoms. The van der Waals surface area contributed by atoms with E-state index in [4.69, 9.17) is 62.7 Å². The molecule has 0 bridgehead atoms. The molecule has 100 valence electrons. The molecule has 0 amide bonds. The highest BCUT2D eigenvalue weighted by Crippen LogP contribution is 2.48. The summed E-state index contributed by atoms with van der Waals surface area (Å²) in [7, 11) is 0. The molecule has 1 aromatic carbocycles. The lowest BCUT2D eigenvalue weighted by Gasteiger charge is -2.18. The molecule has 0 aliphatic heterocycles. The molecule has 1 aromatic rings. The lowest BCUT2D eigenvalue weighted by atomic mass is 9.97. The van der Waals surface area contributed by atoms with Gasteiger partial charge in [-0.3, -0.25) is 4.79 Å². The minimum absolute atomic E-state index is 0.00978. The first-order chi connectivity index (χ1) is 8.07. The minimum atomic E-state index is -0.717. The Bertz CT molecular complexity index is 476. The van der Waals surface area contributed by atoms with Gasteiger partial charge in [-0.1, -0.05) is 58.0 Å². The predicted octanol–water partition coefficient (Wildman–Crippen LogP) is 5.91. The summed E-state index contributed by atoms with van der Waals surface area (Å²) < 4.78 is 5.13. The van der Waals surface area contributed by atoms with E-state index in [-0.39, 0.29) is 30.9 Å². The van der Waals surface area contributed by atoms with E-state index >= 15 is 0 Å². The van der Waals surface area contributed by atoms with Crippen LogP contribution in [0.15, 0.2) is 0 Å². The highest BCUT2D eigenvalue weighted by molar-refractivity contribution is 6.55. The third-order valence-electron chi connectivity index (χ3n) is 1.98. The van der Waals surface area contributed by atoms with Gasteiger partial charge >= 0.3 is 5.97 Å². The molecular formula is C11H9Cl5O2. The molecule has 1 rings (SSSR count). The lowest BCUT2D eigenvalue weighted by molar-refractivity contribution is -0.142. The fourth-order valence-corrected chi connectivity index (χ4v) is 2.12. The molecule has 0 fully saturated rings. The monoisotopic (exact) mass is 348 g/mol. The first-order valence-corrected chi connectivity index (χ1v) is 6.70. The standard InChI is InChI=1S/C11H9Cl5O2/c1-11(2,3)10(17)18-9-7(15)5(13)4(12)6(14)8(9)16/h1-3H3. The van der Waals surface area contributed by atoms with Crippen LogP contribution in [0.3, 0.4) is 0 Å². The Balaban J connectivity index is 3.31. The molecule has 2 nitrogen and oxygen atoms in total. The number of hydrogen-bond donors (Lipinski definition) is 0. The summed E-state index contributed by atoms with van der Waals surface area (Å²) in [4.78, 5) is 11.8. The van der Waals surface area contributed by atoms with Crippen molar-refractivity contribution in [3.8, 4) is 5.75 Å². The Morgan fingerprint density at radius 3 is 1.50 bits per heavy atom. The van der Waals surface area contributed by atoms with Crippen molar-refractivity contribution in [3.63, 3.8) is 0 Å². The van der Waals surface area contributed by atoms with Gasteiger partial charge in [-0.2, -0.15) is 0 Å². The van der Waals surface area contributed by atoms with Crippen LogP contribution in [-0.2, 0) is 4.79 Å². The van der Waals surface area contributed by atoms with E-state index in [0.717, 1.165) is 0 Å². The molecule has 0 spiro atoms. The van der Waals surface area contributed by atoms with Crippen molar-refractivity contribution in [1.29, 1.82) is 0 Å². The van der Waals surface area contributed by atoms with Crippen LogP contribution in [0.2, 0.25) is 25.1 Å². The van der Waals surface area contributed by atoms with Gasteiger partial charge in [0.25, 0.3) is 0 Å². The average Bonchev–Trinajstić information content (AvgIpc) is 2.28. The summed E-state index contributed by atoms with van der Waals surface area (Å²) in [6.07, 6.45) is 0. The molecule has 0 atom stereocenters. The normalized spacial score (nSPS) is 11.6. The van der Waals surface area contributed by atoms with Gasteiger partial charge < -0.3 is 4.74 Å². The van der Waals surface area contributed by atoms with E-state index in [0.29, 0.717) is 0 Å². The van der Waals surface area contributed by atoms with Gasteiger partial charge in [0.1, 0.15) is 10.0 Å². The highest BCUT2D eigenvalue weighted by Gasteiger charge is 2.28. The number of carbonyl (C=O) groups is 1. The van der Waals surface area contributed by atoms with Crippen LogP contribution in [0.1, 0.15) is 20.8 Å². The van der Waals surface area contributed by atoms with Crippen LogP contribution in [-0.4, -0.2) is 5.97 Å². The average molecular weight is 350 g/mol. The van der Waals surface area contributed by atoms with Crippen LogP contribution < -0.4 is 4.74 Å². The van der Waals surface area contributed by atoms with Gasteiger partial charge in [0.2, 0.25) is 0 Å². The molecule has 0 unspecified atom stereocenters. The predicted molar refractivity (Wildman–Crippen MR) is 76.6 cm³/mol. The van der Waals surface area contributed by atoms with E-state index in [1.54, 1.807) is 20.8 Å². The number of halogens is 5. The maximum absolute atomic E-state index is 11.8. The Kier molecular flexibility index (Phi) is 5.07. The van der Waals surface area contributed by atoms with E-state index < -0.39 is 11.4 Å². The molecule has 0 N–H and O–H groups in total. The number of carbonyl (C=O) groups excluding carboxylic acids is 1. The number of esters is 1. The zero-order valence-electron chi connectivity index (χ0n) is 9.71. The van der Waals surface area contributed by atoms with E-state index in [1.807, 2.05) is 0 Å². The largest absolute Gasteiger partial charge is 0.423 e. The van der Waals surface area contributed by atoms with Crippen LogP contribution in [0.25, 0.3) is 0 Å². The highest BCUT2D eigenvalue weighted by atomic mass is 35.5. The zero-order valence-corrected chi connectivity index (χ0v) is 13.5. The van der Waals surface area contributed by atoms with Gasteiger partial charge in [-0.15, -0.1) is 0 Å². The Morgan fingerprint density at radius 1 is 0.833 bits per heavy atom. The molecule has 0 aliphatic rings. The van der Waals surface area contributed by atoms with Crippen molar-refractivity contribution in [2.75, 3.05) is 0 Å². The van der Waals surface area contributed by atoms with Gasteiger partial charge in [0.05, 0.1) is 20.5 Å². The number of ether oxygens (including phenoxy) is 1. The summed E-state index contributed by atoms with van der Waals surface area (Å²) >= 11 is 29.4. The van der Waals surface area contributed by atoms with Crippen molar-refractivity contribution in [2.24, 2.45) is 5.41 Å². The van der Waals surface area contributed by atoms with Crippen LogP contribution in [0.4, 0.5) is 0 Å². The van der Waals surface area contributed by atoms with Crippen LogP contribution >= 0.6 is 58.0 Å². The molecule has 18 heavy (non-hydrogen) atoms. The van der Waals surface area contributed by atoms with Crippen LogP contribution in [0.5, 0.6) is 5.75 Å². The maximum atomic E-state index is 11.8. The Labute approximate surface area is 130 Å². The second-order valence-electron chi connectivity index (χ2n) is 4.54. The summed E-state index contributed by atoms with van der Waals surface area (Å²) in [5.41, 5.74) is -0.717. The summed E-state index contributed by atoms with van der Waals surface area (Å²) in [5, 5.41) is -0.0971. The van der Waals surface area contributed by atoms with Crippen molar-refractivity contribution in [3.05, 3.63) is 25.1 Å². The number of hydrogen-bond acceptors (Lipinski definition) is 2. The fourth-order valence-electron chi connectivity index (χ4n) is 0.920.